The number of H-pyrrole nitrogens is 1. The van der Waals surface area contributed by atoms with Crippen LogP contribution >= 0.6 is 11.8 Å². The summed E-state index contributed by atoms with van der Waals surface area (Å²) in [6.45, 7) is 0.418. The molecule has 1 amide bonds. The molecule has 1 aliphatic rings. The van der Waals surface area contributed by atoms with Gasteiger partial charge >= 0.3 is 11.7 Å². The van der Waals surface area contributed by atoms with Gasteiger partial charge in [-0.3, -0.25) is 14.4 Å². The number of thioether (sulfide) groups is 1. The SMILES string of the molecule is CSCCC(C(=O)NCC1CCC(C(=O)O)CC1)n1c(=O)[nH]c2ccccc2c1=O. The van der Waals surface area contributed by atoms with E-state index in [1.54, 1.807) is 36.0 Å². The molecule has 8 nitrogen and oxygen atoms in total. The molecule has 1 heterocycles. The molecule has 0 aliphatic heterocycles. The molecule has 3 rings (SSSR count). The van der Waals surface area contributed by atoms with Crippen molar-refractivity contribution in [1.82, 2.24) is 14.9 Å². The Hall–Kier alpha value is -2.55. The van der Waals surface area contributed by atoms with E-state index in [0.29, 0.717) is 42.5 Å². The molecule has 30 heavy (non-hydrogen) atoms. The molecule has 1 fully saturated rings. The molecule has 1 aromatic carbocycles. The summed E-state index contributed by atoms with van der Waals surface area (Å²) < 4.78 is 1.02. The summed E-state index contributed by atoms with van der Waals surface area (Å²) in [6, 6.07) is 5.85. The van der Waals surface area contributed by atoms with Gasteiger partial charge < -0.3 is 15.4 Å². The van der Waals surface area contributed by atoms with Crippen LogP contribution < -0.4 is 16.6 Å². The van der Waals surface area contributed by atoms with Crippen molar-refractivity contribution < 1.29 is 14.7 Å². The molecule has 162 valence electrons. The van der Waals surface area contributed by atoms with Crippen LogP contribution in [0.4, 0.5) is 0 Å². The summed E-state index contributed by atoms with van der Waals surface area (Å²) in [4.78, 5) is 52.4. The number of aromatic amines is 1. The van der Waals surface area contributed by atoms with E-state index in [1.165, 1.54) is 0 Å². The molecule has 0 spiro atoms. The number of carboxylic acid groups (broad SMARTS) is 1. The number of carboxylic acids is 1. The lowest BCUT2D eigenvalue weighted by Gasteiger charge is -2.27. The number of aromatic nitrogens is 2. The smallest absolute Gasteiger partial charge is 0.329 e. The van der Waals surface area contributed by atoms with E-state index in [9.17, 15) is 19.2 Å². The van der Waals surface area contributed by atoms with Crippen LogP contribution in [0, 0.1) is 11.8 Å². The average molecular weight is 434 g/mol. The van der Waals surface area contributed by atoms with Crippen LogP contribution in [-0.4, -0.2) is 45.1 Å². The summed E-state index contributed by atoms with van der Waals surface area (Å²) in [5.41, 5.74) is -0.623. The first-order chi connectivity index (χ1) is 14.4. The molecule has 3 N–H and O–H groups in total. The molecule has 0 saturated heterocycles. The van der Waals surface area contributed by atoms with Crippen LogP contribution in [-0.2, 0) is 9.59 Å². The highest BCUT2D eigenvalue weighted by Crippen LogP contribution is 2.28. The van der Waals surface area contributed by atoms with Gasteiger partial charge in [-0.1, -0.05) is 12.1 Å². The van der Waals surface area contributed by atoms with Gasteiger partial charge in [0.1, 0.15) is 6.04 Å². The standard InChI is InChI=1S/C21H27N3O5S/c1-30-11-10-17(18(25)22-12-13-6-8-14(9-7-13)20(27)28)24-19(26)15-4-2-3-5-16(15)23-21(24)29/h2-5,13-14,17H,6-12H2,1H3,(H,22,25)(H,23,29)(H,27,28). The molecular formula is C21H27N3O5S. The molecule has 1 atom stereocenters. The Kier molecular flexibility index (Phi) is 7.36. The number of benzene rings is 1. The lowest BCUT2D eigenvalue weighted by Crippen LogP contribution is -2.45. The summed E-state index contributed by atoms with van der Waals surface area (Å²) in [5, 5.41) is 12.4. The van der Waals surface area contributed by atoms with Crippen molar-refractivity contribution in [2.24, 2.45) is 11.8 Å². The first-order valence-corrected chi connectivity index (χ1v) is 11.5. The molecule has 0 radical (unpaired) electrons. The first-order valence-electron chi connectivity index (χ1n) is 10.2. The third-order valence-corrected chi connectivity index (χ3v) is 6.45. The Balaban J connectivity index is 1.77. The highest BCUT2D eigenvalue weighted by atomic mass is 32.2. The van der Waals surface area contributed by atoms with Crippen LogP contribution in [0.15, 0.2) is 33.9 Å². The van der Waals surface area contributed by atoms with Crippen molar-refractivity contribution >= 4 is 34.5 Å². The quantitative estimate of drug-likeness (QED) is 0.585. The van der Waals surface area contributed by atoms with E-state index in [1.807, 2.05) is 6.26 Å². The highest BCUT2D eigenvalue weighted by Gasteiger charge is 2.28. The van der Waals surface area contributed by atoms with Gasteiger partial charge in [0, 0.05) is 6.54 Å². The van der Waals surface area contributed by atoms with Crippen molar-refractivity contribution in [2.45, 2.75) is 38.1 Å². The summed E-state index contributed by atoms with van der Waals surface area (Å²) in [7, 11) is 0. The van der Waals surface area contributed by atoms with Gasteiger partial charge in [0.25, 0.3) is 5.56 Å². The lowest BCUT2D eigenvalue weighted by molar-refractivity contribution is -0.143. The second kappa shape index (κ2) is 9.97. The number of fused-ring (bicyclic) bond motifs is 1. The number of nitrogens with one attached hydrogen (secondary N) is 2. The normalized spacial score (nSPS) is 20.0. The van der Waals surface area contributed by atoms with Crippen LogP contribution in [0.5, 0.6) is 0 Å². The minimum Gasteiger partial charge on any atom is -0.481 e. The number of hydrogen-bond acceptors (Lipinski definition) is 5. The van der Waals surface area contributed by atoms with Gasteiger partial charge in [-0.25, -0.2) is 9.36 Å². The third kappa shape index (κ3) is 4.95. The minimum absolute atomic E-state index is 0.206. The summed E-state index contributed by atoms with van der Waals surface area (Å²) >= 11 is 1.54. The van der Waals surface area contributed by atoms with Gasteiger partial charge in [-0.05, 0) is 62.2 Å². The van der Waals surface area contributed by atoms with Gasteiger partial charge in [-0.2, -0.15) is 11.8 Å². The molecule has 2 aromatic rings. The Morgan fingerprint density at radius 1 is 1.23 bits per heavy atom. The molecule has 1 aliphatic carbocycles. The zero-order valence-electron chi connectivity index (χ0n) is 16.9. The monoisotopic (exact) mass is 433 g/mol. The molecule has 0 bridgehead atoms. The maximum atomic E-state index is 13.0. The number of carbonyl (C=O) groups excluding carboxylic acids is 1. The van der Waals surface area contributed by atoms with E-state index in [0.717, 1.165) is 17.4 Å². The number of amides is 1. The lowest BCUT2D eigenvalue weighted by atomic mass is 9.82. The fourth-order valence-corrected chi connectivity index (χ4v) is 4.50. The van der Waals surface area contributed by atoms with Gasteiger partial charge in [0.05, 0.1) is 16.8 Å². The van der Waals surface area contributed by atoms with E-state index < -0.39 is 23.3 Å². The van der Waals surface area contributed by atoms with Crippen molar-refractivity contribution in [3.63, 3.8) is 0 Å². The number of hydrogen-bond donors (Lipinski definition) is 3. The van der Waals surface area contributed by atoms with Crippen LogP contribution in [0.2, 0.25) is 0 Å². The Morgan fingerprint density at radius 3 is 2.60 bits per heavy atom. The third-order valence-electron chi connectivity index (χ3n) is 5.81. The van der Waals surface area contributed by atoms with E-state index >= 15 is 0 Å². The van der Waals surface area contributed by atoms with Gasteiger partial charge in [0.2, 0.25) is 5.91 Å². The van der Waals surface area contributed by atoms with Crippen molar-refractivity contribution in [3.8, 4) is 0 Å². The minimum atomic E-state index is -0.895. The molecular weight excluding hydrogens is 406 g/mol. The highest BCUT2D eigenvalue weighted by molar-refractivity contribution is 7.98. The summed E-state index contributed by atoms with van der Waals surface area (Å²) in [5.74, 6) is -0.587. The van der Waals surface area contributed by atoms with Crippen LogP contribution in [0.25, 0.3) is 10.9 Å². The second-order valence-corrected chi connectivity index (χ2v) is 8.73. The van der Waals surface area contributed by atoms with Crippen molar-refractivity contribution in [1.29, 1.82) is 0 Å². The van der Waals surface area contributed by atoms with Crippen molar-refractivity contribution in [2.75, 3.05) is 18.6 Å². The number of carbonyl (C=O) groups is 2. The fourth-order valence-electron chi connectivity index (χ4n) is 4.04. The largest absolute Gasteiger partial charge is 0.481 e. The number of aliphatic carboxylic acids is 1. The zero-order chi connectivity index (χ0) is 21.7. The first kappa shape index (κ1) is 22.1. The maximum Gasteiger partial charge on any atom is 0.329 e. The molecule has 9 heteroatoms. The number of nitrogens with zero attached hydrogens (tertiary/aromatic N) is 1. The Labute approximate surface area is 178 Å². The molecule has 1 aromatic heterocycles. The van der Waals surface area contributed by atoms with Gasteiger partial charge in [0.15, 0.2) is 0 Å². The fraction of sp³-hybridized carbons (Fsp3) is 0.524. The number of rotatable bonds is 8. The number of para-hydroxylation sites is 1. The molecule has 1 saturated carbocycles. The van der Waals surface area contributed by atoms with E-state index in [2.05, 4.69) is 10.3 Å². The Bertz CT molecular complexity index is 1020. The second-order valence-electron chi connectivity index (χ2n) is 7.75. The van der Waals surface area contributed by atoms with Gasteiger partial charge in [-0.15, -0.1) is 0 Å². The van der Waals surface area contributed by atoms with Crippen molar-refractivity contribution in [3.05, 3.63) is 45.1 Å². The predicted octanol–water partition coefficient (Wildman–Crippen LogP) is 1.99. The topological polar surface area (TPSA) is 121 Å². The summed E-state index contributed by atoms with van der Waals surface area (Å²) in [6.07, 6.45) is 4.96. The van der Waals surface area contributed by atoms with E-state index in [4.69, 9.17) is 5.11 Å². The molecule has 1 unspecified atom stereocenters. The predicted molar refractivity (Wildman–Crippen MR) is 117 cm³/mol. The average Bonchev–Trinajstić information content (AvgIpc) is 2.74. The van der Waals surface area contributed by atoms with Crippen LogP contribution in [0.3, 0.4) is 0 Å². The van der Waals surface area contributed by atoms with Crippen LogP contribution in [0.1, 0.15) is 38.1 Å². The zero-order valence-corrected chi connectivity index (χ0v) is 17.7. The van der Waals surface area contributed by atoms with E-state index in [-0.39, 0.29) is 17.7 Å². The Morgan fingerprint density at radius 2 is 1.93 bits per heavy atom. The maximum absolute atomic E-state index is 13.0.